The van der Waals surface area contributed by atoms with E-state index in [0.717, 1.165) is 66.9 Å². The van der Waals surface area contributed by atoms with Gasteiger partial charge in [-0.15, -0.1) is 0 Å². The van der Waals surface area contributed by atoms with Crippen molar-refractivity contribution >= 4 is 17.5 Å². The van der Waals surface area contributed by atoms with Gasteiger partial charge in [0.2, 0.25) is 0 Å². The fraction of sp³-hybridized carbons (Fsp3) is 0.400. The molecule has 1 aromatic carbocycles. The number of hydrogen-bond acceptors (Lipinski definition) is 5. The van der Waals surface area contributed by atoms with E-state index < -0.39 is 12.0 Å². The third kappa shape index (κ3) is 3.15. The van der Waals surface area contributed by atoms with Crippen LogP contribution in [0.2, 0.25) is 0 Å². The number of nitrogens with zero attached hydrogens (tertiary/aromatic N) is 2. The summed E-state index contributed by atoms with van der Waals surface area (Å²) >= 11 is 0. The van der Waals surface area contributed by atoms with Crippen LogP contribution in [0.5, 0.6) is 0 Å². The summed E-state index contributed by atoms with van der Waals surface area (Å²) in [4.78, 5) is 25.3. The van der Waals surface area contributed by atoms with Gasteiger partial charge < -0.3 is 20.7 Å². The van der Waals surface area contributed by atoms with E-state index in [2.05, 4.69) is 20.6 Å². The number of rotatable bonds is 3. The minimum absolute atomic E-state index is 0.0377. The van der Waals surface area contributed by atoms with Crippen LogP contribution in [0.15, 0.2) is 36.5 Å². The van der Waals surface area contributed by atoms with Gasteiger partial charge in [-0.25, -0.2) is 14.4 Å². The Balaban J connectivity index is 1.56. The van der Waals surface area contributed by atoms with Gasteiger partial charge in [-0.1, -0.05) is 19.3 Å². The van der Waals surface area contributed by atoms with Crippen LogP contribution in [0.3, 0.4) is 0 Å². The van der Waals surface area contributed by atoms with Crippen molar-refractivity contribution in [3.8, 4) is 22.5 Å². The lowest BCUT2D eigenvalue weighted by molar-refractivity contribution is -0.141. The summed E-state index contributed by atoms with van der Waals surface area (Å²) in [5.74, 6) is 0.323. The van der Waals surface area contributed by atoms with E-state index in [4.69, 9.17) is 4.98 Å². The summed E-state index contributed by atoms with van der Waals surface area (Å²) in [5, 5.41) is 16.4. The number of hydrogen-bond donors (Lipinski definition) is 4. The second kappa shape index (κ2) is 7.66. The number of fused-ring (bicyclic) bond motifs is 5. The zero-order chi connectivity index (χ0) is 22.6. The molecule has 0 bridgehead atoms. The molecular formula is C25H26FN5O2. The SMILES string of the molecule is O=C(O)[C@H]1NCCC1C1(c2nc3c([nH]2)-c2cccnc2Nc2cc(F)ccc2-3)CCCCC1. The average molecular weight is 448 g/mol. The first-order valence-electron chi connectivity index (χ1n) is 11.7. The van der Waals surface area contributed by atoms with Crippen molar-refractivity contribution in [2.45, 2.75) is 50.0 Å². The molecule has 2 atom stereocenters. The van der Waals surface area contributed by atoms with Gasteiger partial charge in [0.15, 0.2) is 0 Å². The van der Waals surface area contributed by atoms with E-state index in [1.54, 1.807) is 12.3 Å². The van der Waals surface area contributed by atoms with Crippen molar-refractivity contribution in [3.05, 3.63) is 48.2 Å². The molecule has 0 spiro atoms. The number of benzene rings is 1. The van der Waals surface area contributed by atoms with Gasteiger partial charge in [-0.3, -0.25) is 4.79 Å². The van der Waals surface area contributed by atoms with Crippen molar-refractivity contribution in [2.24, 2.45) is 5.92 Å². The highest BCUT2D eigenvalue weighted by molar-refractivity contribution is 5.94. The molecule has 0 radical (unpaired) electrons. The van der Waals surface area contributed by atoms with Crippen molar-refractivity contribution in [1.29, 1.82) is 0 Å². The molecule has 2 aliphatic heterocycles. The Morgan fingerprint density at radius 3 is 2.82 bits per heavy atom. The molecule has 1 aliphatic carbocycles. The Bertz CT molecular complexity index is 1230. The van der Waals surface area contributed by atoms with Gasteiger partial charge in [0.25, 0.3) is 0 Å². The highest BCUT2D eigenvalue weighted by atomic mass is 19.1. The highest BCUT2D eigenvalue weighted by Crippen LogP contribution is 2.51. The number of carboxylic acids is 1. The fourth-order valence-electron chi connectivity index (χ4n) is 6.18. The molecule has 3 aliphatic rings. The molecule has 1 unspecified atom stereocenters. The van der Waals surface area contributed by atoms with E-state index in [-0.39, 0.29) is 17.2 Å². The zero-order valence-electron chi connectivity index (χ0n) is 18.2. The summed E-state index contributed by atoms with van der Waals surface area (Å²) in [6, 6.07) is 7.93. The van der Waals surface area contributed by atoms with E-state index in [1.165, 1.54) is 12.1 Å². The number of anilines is 2. The molecule has 6 rings (SSSR count). The lowest BCUT2D eigenvalue weighted by atomic mass is 9.63. The van der Waals surface area contributed by atoms with Crippen LogP contribution in [-0.2, 0) is 10.2 Å². The first-order valence-corrected chi connectivity index (χ1v) is 11.7. The predicted octanol–water partition coefficient (Wildman–Crippen LogP) is 4.60. The van der Waals surface area contributed by atoms with Crippen LogP contribution in [0.25, 0.3) is 22.5 Å². The van der Waals surface area contributed by atoms with Gasteiger partial charge in [0.1, 0.15) is 23.5 Å². The lowest BCUT2D eigenvalue weighted by Crippen LogP contribution is -2.47. The van der Waals surface area contributed by atoms with Gasteiger partial charge in [0.05, 0.1) is 17.1 Å². The zero-order valence-corrected chi connectivity index (χ0v) is 18.2. The van der Waals surface area contributed by atoms with Crippen LogP contribution in [0, 0.1) is 11.7 Å². The maximum atomic E-state index is 14.1. The van der Waals surface area contributed by atoms with Crippen LogP contribution in [-0.4, -0.2) is 38.6 Å². The number of imidazole rings is 1. The van der Waals surface area contributed by atoms with E-state index in [1.807, 2.05) is 12.1 Å². The number of aromatic nitrogens is 3. The third-order valence-electron chi connectivity index (χ3n) is 7.69. The molecule has 0 amide bonds. The van der Waals surface area contributed by atoms with Crippen LogP contribution < -0.4 is 10.6 Å². The van der Waals surface area contributed by atoms with Crippen LogP contribution >= 0.6 is 0 Å². The Kier molecular flexibility index (Phi) is 4.72. The molecule has 33 heavy (non-hydrogen) atoms. The molecule has 1 saturated heterocycles. The maximum Gasteiger partial charge on any atom is 0.321 e. The van der Waals surface area contributed by atoms with Gasteiger partial charge in [-0.2, -0.15) is 0 Å². The van der Waals surface area contributed by atoms with Crippen molar-refractivity contribution in [3.63, 3.8) is 0 Å². The fourth-order valence-corrected chi connectivity index (χ4v) is 6.18. The quantitative estimate of drug-likeness (QED) is 0.366. The van der Waals surface area contributed by atoms with Gasteiger partial charge >= 0.3 is 5.97 Å². The molecule has 4 heterocycles. The summed E-state index contributed by atoms with van der Waals surface area (Å²) in [6.07, 6.45) is 7.58. The second-order valence-electron chi connectivity index (χ2n) is 9.41. The first-order chi connectivity index (χ1) is 16.1. The number of nitrogens with one attached hydrogen (secondary N) is 3. The highest BCUT2D eigenvalue weighted by Gasteiger charge is 2.51. The molecular weight excluding hydrogens is 421 g/mol. The first kappa shape index (κ1) is 20.4. The smallest absolute Gasteiger partial charge is 0.321 e. The standard InChI is InChI=1S/C25H26FN5O2/c26-14-6-7-15-18(13-14)29-22-16(5-4-11-28-22)20-19(15)30-24(31-20)25(9-2-1-3-10-25)17-8-12-27-21(17)23(32)33/h4-7,11,13,17,21,27H,1-3,8-10,12H2,(H,28,29)(H,30,31)(H,32,33)/t17?,21-/m0/s1. The largest absolute Gasteiger partial charge is 0.480 e. The third-order valence-corrected chi connectivity index (χ3v) is 7.69. The Labute approximate surface area is 190 Å². The van der Waals surface area contributed by atoms with E-state index >= 15 is 0 Å². The number of pyridine rings is 1. The monoisotopic (exact) mass is 447 g/mol. The number of H-pyrrole nitrogens is 1. The van der Waals surface area contributed by atoms with Crippen LogP contribution in [0.4, 0.5) is 15.9 Å². The minimum atomic E-state index is -0.796. The topological polar surface area (TPSA) is 103 Å². The molecule has 3 aromatic rings. The number of aliphatic carboxylic acids is 1. The average Bonchev–Trinajstić information content (AvgIpc) is 3.47. The van der Waals surface area contributed by atoms with E-state index in [9.17, 15) is 14.3 Å². The summed E-state index contributed by atoms with van der Waals surface area (Å²) in [5.41, 5.74) is 3.55. The summed E-state index contributed by atoms with van der Waals surface area (Å²) in [6.45, 7) is 0.697. The number of carboxylic acid groups (broad SMARTS) is 1. The Morgan fingerprint density at radius 2 is 2.00 bits per heavy atom. The second-order valence-corrected chi connectivity index (χ2v) is 9.41. The molecule has 2 aromatic heterocycles. The molecule has 1 saturated carbocycles. The predicted molar refractivity (Wildman–Crippen MR) is 123 cm³/mol. The van der Waals surface area contributed by atoms with Crippen molar-refractivity contribution in [2.75, 3.05) is 11.9 Å². The molecule has 170 valence electrons. The lowest BCUT2D eigenvalue weighted by Gasteiger charge is -2.42. The number of carbonyl (C=O) groups is 1. The molecule has 4 N–H and O–H groups in total. The summed E-state index contributed by atoms with van der Waals surface area (Å²) < 4.78 is 14.1. The van der Waals surface area contributed by atoms with Gasteiger partial charge in [0, 0.05) is 22.7 Å². The van der Waals surface area contributed by atoms with E-state index in [0.29, 0.717) is 18.1 Å². The maximum absolute atomic E-state index is 14.1. The van der Waals surface area contributed by atoms with Crippen molar-refractivity contribution < 1.29 is 14.3 Å². The molecule has 2 fully saturated rings. The molecule has 7 nitrogen and oxygen atoms in total. The summed E-state index contributed by atoms with van der Waals surface area (Å²) in [7, 11) is 0. The van der Waals surface area contributed by atoms with Crippen LogP contribution in [0.1, 0.15) is 44.3 Å². The Hall–Kier alpha value is -3.26. The Morgan fingerprint density at radius 1 is 1.15 bits per heavy atom. The van der Waals surface area contributed by atoms with Crippen molar-refractivity contribution in [1.82, 2.24) is 20.3 Å². The number of aromatic amines is 1. The minimum Gasteiger partial charge on any atom is -0.480 e. The normalized spacial score (nSPS) is 23.1. The number of halogens is 1. The van der Waals surface area contributed by atoms with Gasteiger partial charge in [-0.05, 0) is 62.1 Å². The molecule has 8 heteroatoms.